The zero-order chi connectivity index (χ0) is 20.9. The van der Waals surface area contributed by atoms with E-state index in [1.165, 1.54) is 5.56 Å². The van der Waals surface area contributed by atoms with E-state index < -0.39 is 0 Å². The lowest BCUT2D eigenvalue weighted by atomic mass is 10.2. The van der Waals surface area contributed by atoms with Crippen molar-refractivity contribution in [1.82, 2.24) is 9.55 Å². The van der Waals surface area contributed by atoms with Gasteiger partial charge in [-0.05, 0) is 55.8 Å². The molecule has 4 rings (SSSR count). The summed E-state index contributed by atoms with van der Waals surface area (Å²) in [6.07, 6.45) is -0.203. The number of para-hydroxylation sites is 4. The van der Waals surface area contributed by atoms with E-state index in [4.69, 9.17) is 19.2 Å². The van der Waals surface area contributed by atoms with Gasteiger partial charge in [0.2, 0.25) is 0 Å². The number of aromatic nitrogens is 2. The molecule has 5 heteroatoms. The van der Waals surface area contributed by atoms with Crippen LogP contribution in [0.2, 0.25) is 0 Å². The van der Waals surface area contributed by atoms with Gasteiger partial charge in [0, 0.05) is 0 Å². The third-order valence-corrected chi connectivity index (χ3v) is 4.99. The van der Waals surface area contributed by atoms with E-state index in [1.54, 1.807) is 7.11 Å². The first kappa shape index (κ1) is 19.8. The standard InChI is InChI=1S/C25H26N2O3/c1-18-9-8-10-20(17-18)30-19(2)25-26-21-11-4-5-12-22(21)27(25)15-16-29-24-14-7-6-13-23(24)28-3/h4-14,17,19H,15-16H2,1-3H3/t19-/m1/s1. The number of fused-ring (bicyclic) bond motifs is 1. The first-order valence-corrected chi connectivity index (χ1v) is 10.1. The molecule has 1 aromatic heterocycles. The van der Waals surface area contributed by atoms with Gasteiger partial charge in [0.05, 0.1) is 24.7 Å². The Bertz CT molecular complexity index is 1140. The summed E-state index contributed by atoms with van der Waals surface area (Å²) < 4.78 is 19.8. The van der Waals surface area contributed by atoms with Gasteiger partial charge in [-0.15, -0.1) is 0 Å². The van der Waals surface area contributed by atoms with Gasteiger partial charge in [0.15, 0.2) is 23.4 Å². The second kappa shape index (κ2) is 8.91. The molecular weight excluding hydrogens is 376 g/mol. The Hall–Kier alpha value is -3.47. The highest BCUT2D eigenvalue weighted by molar-refractivity contribution is 5.76. The Morgan fingerprint density at radius 2 is 1.70 bits per heavy atom. The van der Waals surface area contributed by atoms with Crippen molar-refractivity contribution in [3.05, 3.63) is 84.2 Å². The van der Waals surface area contributed by atoms with Crippen molar-refractivity contribution in [2.75, 3.05) is 13.7 Å². The molecule has 0 aliphatic heterocycles. The van der Waals surface area contributed by atoms with Gasteiger partial charge in [-0.1, -0.05) is 36.4 Å². The maximum Gasteiger partial charge on any atom is 0.161 e. The Labute approximate surface area is 176 Å². The lowest BCUT2D eigenvalue weighted by Gasteiger charge is -2.17. The Kier molecular flexibility index (Phi) is 5.89. The molecule has 0 amide bonds. The number of rotatable bonds is 8. The van der Waals surface area contributed by atoms with Gasteiger partial charge in [-0.2, -0.15) is 0 Å². The molecule has 5 nitrogen and oxygen atoms in total. The van der Waals surface area contributed by atoms with Crippen molar-refractivity contribution in [3.8, 4) is 17.2 Å². The molecule has 0 N–H and O–H groups in total. The summed E-state index contributed by atoms with van der Waals surface area (Å²) in [6.45, 7) is 5.23. The lowest BCUT2D eigenvalue weighted by molar-refractivity contribution is 0.207. The molecule has 0 saturated heterocycles. The Morgan fingerprint density at radius 1 is 0.933 bits per heavy atom. The van der Waals surface area contributed by atoms with Crippen molar-refractivity contribution in [2.45, 2.75) is 26.5 Å². The molecule has 154 valence electrons. The van der Waals surface area contributed by atoms with E-state index in [9.17, 15) is 0 Å². The zero-order valence-electron chi connectivity index (χ0n) is 17.5. The quantitative estimate of drug-likeness (QED) is 0.386. The molecule has 1 heterocycles. The van der Waals surface area contributed by atoms with Gasteiger partial charge in [0.1, 0.15) is 12.4 Å². The van der Waals surface area contributed by atoms with Crippen LogP contribution >= 0.6 is 0 Å². The molecule has 0 radical (unpaired) electrons. The van der Waals surface area contributed by atoms with Crippen LogP contribution < -0.4 is 14.2 Å². The summed E-state index contributed by atoms with van der Waals surface area (Å²) in [5.74, 6) is 3.17. The zero-order valence-corrected chi connectivity index (χ0v) is 17.5. The van der Waals surface area contributed by atoms with E-state index in [-0.39, 0.29) is 6.10 Å². The number of aryl methyl sites for hydroxylation is 1. The monoisotopic (exact) mass is 402 g/mol. The van der Waals surface area contributed by atoms with Crippen molar-refractivity contribution < 1.29 is 14.2 Å². The van der Waals surface area contributed by atoms with Crippen molar-refractivity contribution in [2.24, 2.45) is 0 Å². The van der Waals surface area contributed by atoms with Crippen molar-refractivity contribution in [3.63, 3.8) is 0 Å². The van der Waals surface area contributed by atoms with Crippen LogP contribution in [0.5, 0.6) is 17.2 Å². The molecule has 0 fully saturated rings. The SMILES string of the molecule is COc1ccccc1OCCn1c([C@@H](C)Oc2cccc(C)c2)nc2ccccc21. The van der Waals surface area contributed by atoms with Gasteiger partial charge < -0.3 is 18.8 Å². The number of nitrogens with zero attached hydrogens (tertiary/aromatic N) is 2. The molecule has 4 aromatic rings. The average Bonchev–Trinajstić information content (AvgIpc) is 3.13. The van der Waals surface area contributed by atoms with Crippen LogP contribution in [-0.2, 0) is 6.54 Å². The normalized spacial score (nSPS) is 12.0. The molecule has 3 aromatic carbocycles. The van der Waals surface area contributed by atoms with Crippen LogP contribution in [0.15, 0.2) is 72.8 Å². The Balaban J connectivity index is 1.57. The highest BCUT2D eigenvalue weighted by Gasteiger charge is 2.18. The summed E-state index contributed by atoms with van der Waals surface area (Å²) >= 11 is 0. The summed E-state index contributed by atoms with van der Waals surface area (Å²) in [4.78, 5) is 4.85. The van der Waals surface area contributed by atoms with Crippen LogP contribution in [0.3, 0.4) is 0 Å². The summed E-state index contributed by atoms with van der Waals surface area (Å²) in [5.41, 5.74) is 3.18. The largest absolute Gasteiger partial charge is 0.493 e. The van der Waals surface area contributed by atoms with Crippen LogP contribution in [0.4, 0.5) is 0 Å². The molecular formula is C25H26N2O3. The molecule has 1 atom stereocenters. The number of imidazole rings is 1. The van der Waals surface area contributed by atoms with Gasteiger partial charge >= 0.3 is 0 Å². The topological polar surface area (TPSA) is 45.5 Å². The molecule has 0 aliphatic carbocycles. The first-order chi connectivity index (χ1) is 14.7. The Morgan fingerprint density at radius 3 is 2.50 bits per heavy atom. The minimum atomic E-state index is -0.203. The summed E-state index contributed by atoms with van der Waals surface area (Å²) in [7, 11) is 1.65. The van der Waals surface area contributed by atoms with E-state index in [0.717, 1.165) is 34.1 Å². The van der Waals surface area contributed by atoms with E-state index in [0.29, 0.717) is 13.2 Å². The number of hydrogen-bond acceptors (Lipinski definition) is 4. The van der Waals surface area contributed by atoms with Gasteiger partial charge in [0.25, 0.3) is 0 Å². The molecule has 0 bridgehead atoms. The number of hydrogen-bond donors (Lipinski definition) is 0. The minimum absolute atomic E-state index is 0.203. The van der Waals surface area contributed by atoms with Crippen LogP contribution in [0.1, 0.15) is 24.4 Å². The minimum Gasteiger partial charge on any atom is -0.493 e. The molecule has 30 heavy (non-hydrogen) atoms. The predicted octanol–water partition coefficient (Wildman–Crippen LogP) is 5.57. The van der Waals surface area contributed by atoms with Crippen molar-refractivity contribution >= 4 is 11.0 Å². The fraction of sp³-hybridized carbons (Fsp3) is 0.240. The summed E-state index contributed by atoms with van der Waals surface area (Å²) in [6, 6.07) is 23.9. The van der Waals surface area contributed by atoms with Gasteiger partial charge in [-0.3, -0.25) is 0 Å². The van der Waals surface area contributed by atoms with E-state index in [1.807, 2.05) is 67.6 Å². The average molecular weight is 402 g/mol. The predicted molar refractivity (Wildman–Crippen MR) is 118 cm³/mol. The highest BCUT2D eigenvalue weighted by Crippen LogP contribution is 2.28. The second-order valence-corrected chi connectivity index (χ2v) is 7.19. The van der Waals surface area contributed by atoms with Crippen LogP contribution in [-0.4, -0.2) is 23.3 Å². The molecule has 0 spiro atoms. The van der Waals surface area contributed by atoms with E-state index >= 15 is 0 Å². The van der Waals surface area contributed by atoms with Gasteiger partial charge in [-0.25, -0.2) is 4.98 Å². The molecule has 0 saturated carbocycles. The fourth-order valence-electron chi connectivity index (χ4n) is 3.57. The van der Waals surface area contributed by atoms with Crippen LogP contribution in [0.25, 0.3) is 11.0 Å². The highest BCUT2D eigenvalue weighted by atomic mass is 16.5. The smallest absolute Gasteiger partial charge is 0.161 e. The number of ether oxygens (including phenoxy) is 3. The third-order valence-electron chi connectivity index (χ3n) is 4.99. The fourth-order valence-corrected chi connectivity index (χ4v) is 3.57. The first-order valence-electron chi connectivity index (χ1n) is 10.1. The second-order valence-electron chi connectivity index (χ2n) is 7.19. The van der Waals surface area contributed by atoms with Crippen LogP contribution in [0, 0.1) is 6.92 Å². The number of methoxy groups -OCH3 is 1. The van der Waals surface area contributed by atoms with E-state index in [2.05, 4.69) is 23.6 Å². The maximum atomic E-state index is 6.21. The summed E-state index contributed by atoms with van der Waals surface area (Å²) in [5, 5.41) is 0. The van der Waals surface area contributed by atoms with Crippen molar-refractivity contribution in [1.29, 1.82) is 0 Å². The molecule has 0 aliphatic rings. The third kappa shape index (κ3) is 4.25. The maximum absolute atomic E-state index is 6.21. The lowest BCUT2D eigenvalue weighted by Crippen LogP contribution is -2.16. The molecule has 0 unspecified atom stereocenters. The number of benzene rings is 3.